The fourth-order valence-corrected chi connectivity index (χ4v) is 3.89. The summed E-state index contributed by atoms with van der Waals surface area (Å²) in [4.78, 5) is 10.1. The summed E-state index contributed by atoms with van der Waals surface area (Å²) >= 11 is 1.78. The standard InChI is InChI=1S/C18H32N4OS/c1-14-15(2)24-17(22-14)10-11-20-18(19-3)21-12-13-23-16-8-6-4-5-7-9-16/h16H,4-13H2,1-3H3,(H2,19,20,21). The Kier molecular flexibility index (Phi) is 8.53. The first-order valence-electron chi connectivity index (χ1n) is 9.18. The average Bonchev–Trinajstić information content (AvgIpc) is 2.78. The van der Waals surface area contributed by atoms with Crippen molar-refractivity contribution in [3.8, 4) is 0 Å². The Balaban J connectivity index is 1.58. The van der Waals surface area contributed by atoms with Crippen molar-refractivity contribution >= 4 is 17.3 Å². The molecule has 0 spiro atoms. The largest absolute Gasteiger partial charge is 0.376 e. The number of thiazole rings is 1. The predicted molar refractivity (Wildman–Crippen MR) is 102 cm³/mol. The minimum absolute atomic E-state index is 0.459. The molecular weight excluding hydrogens is 320 g/mol. The number of nitrogens with zero attached hydrogens (tertiary/aromatic N) is 2. The molecule has 1 aliphatic carbocycles. The molecule has 1 aliphatic rings. The van der Waals surface area contributed by atoms with Crippen LogP contribution in [0.2, 0.25) is 0 Å². The van der Waals surface area contributed by atoms with E-state index in [0.717, 1.165) is 37.8 Å². The highest BCUT2D eigenvalue weighted by atomic mass is 32.1. The van der Waals surface area contributed by atoms with Crippen molar-refractivity contribution in [1.82, 2.24) is 15.6 Å². The summed E-state index contributed by atoms with van der Waals surface area (Å²) in [6, 6.07) is 0. The molecule has 2 N–H and O–H groups in total. The van der Waals surface area contributed by atoms with E-state index >= 15 is 0 Å². The van der Waals surface area contributed by atoms with Crippen LogP contribution in [0.1, 0.15) is 54.1 Å². The van der Waals surface area contributed by atoms with Gasteiger partial charge in [0, 0.05) is 31.4 Å². The van der Waals surface area contributed by atoms with E-state index in [2.05, 4.69) is 34.5 Å². The normalized spacial score (nSPS) is 16.9. The summed E-state index contributed by atoms with van der Waals surface area (Å²) in [5.41, 5.74) is 1.15. The van der Waals surface area contributed by atoms with Gasteiger partial charge in [0.2, 0.25) is 0 Å². The molecule has 0 amide bonds. The molecule has 1 heterocycles. The van der Waals surface area contributed by atoms with Crippen LogP contribution in [0.25, 0.3) is 0 Å². The first-order chi connectivity index (χ1) is 11.7. The van der Waals surface area contributed by atoms with E-state index in [9.17, 15) is 0 Å². The van der Waals surface area contributed by atoms with Crippen LogP contribution in [0.4, 0.5) is 0 Å². The van der Waals surface area contributed by atoms with Crippen LogP contribution in [-0.2, 0) is 11.2 Å². The number of hydrogen-bond acceptors (Lipinski definition) is 4. The van der Waals surface area contributed by atoms with Gasteiger partial charge in [-0.3, -0.25) is 4.99 Å². The third-order valence-corrected chi connectivity index (χ3v) is 5.61. The van der Waals surface area contributed by atoms with Gasteiger partial charge in [0.25, 0.3) is 0 Å². The van der Waals surface area contributed by atoms with Crippen LogP contribution in [0.3, 0.4) is 0 Å². The number of aromatic nitrogens is 1. The maximum Gasteiger partial charge on any atom is 0.191 e. The first kappa shape index (κ1) is 19.2. The van der Waals surface area contributed by atoms with E-state index in [1.165, 1.54) is 48.4 Å². The molecule has 5 nitrogen and oxygen atoms in total. The van der Waals surface area contributed by atoms with E-state index in [-0.39, 0.29) is 0 Å². The lowest BCUT2D eigenvalue weighted by atomic mass is 10.1. The van der Waals surface area contributed by atoms with Crippen molar-refractivity contribution in [2.75, 3.05) is 26.7 Å². The van der Waals surface area contributed by atoms with E-state index in [1.54, 1.807) is 18.4 Å². The third kappa shape index (κ3) is 6.77. The number of nitrogens with one attached hydrogen (secondary N) is 2. The minimum Gasteiger partial charge on any atom is -0.376 e. The maximum atomic E-state index is 5.99. The zero-order valence-electron chi connectivity index (χ0n) is 15.4. The molecule has 6 heteroatoms. The second-order valence-corrected chi connectivity index (χ2v) is 7.70. The molecule has 0 unspecified atom stereocenters. The smallest absolute Gasteiger partial charge is 0.191 e. The van der Waals surface area contributed by atoms with Gasteiger partial charge in [-0.25, -0.2) is 4.98 Å². The van der Waals surface area contributed by atoms with Gasteiger partial charge >= 0.3 is 0 Å². The van der Waals surface area contributed by atoms with E-state index in [1.807, 2.05) is 0 Å². The van der Waals surface area contributed by atoms with Gasteiger partial charge in [-0.2, -0.15) is 0 Å². The lowest BCUT2D eigenvalue weighted by Gasteiger charge is -2.16. The second-order valence-electron chi connectivity index (χ2n) is 6.41. The van der Waals surface area contributed by atoms with Gasteiger partial charge in [0.1, 0.15) is 0 Å². The Morgan fingerprint density at radius 2 is 1.88 bits per heavy atom. The summed E-state index contributed by atoms with van der Waals surface area (Å²) in [7, 11) is 1.80. The van der Waals surface area contributed by atoms with Crippen LogP contribution in [0, 0.1) is 13.8 Å². The molecule has 1 aromatic rings. The van der Waals surface area contributed by atoms with Crippen LogP contribution >= 0.6 is 11.3 Å². The van der Waals surface area contributed by atoms with Crippen LogP contribution in [0.5, 0.6) is 0 Å². The van der Waals surface area contributed by atoms with Crippen molar-refractivity contribution in [3.05, 3.63) is 15.6 Å². The van der Waals surface area contributed by atoms with Crippen molar-refractivity contribution in [2.24, 2.45) is 4.99 Å². The number of aliphatic imine (C=N–C) groups is 1. The van der Waals surface area contributed by atoms with Gasteiger partial charge in [-0.1, -0.05) is 25.7 Å². The molecule has 1 aromatic heterocycles. The maximum absolute atomic E-state index is 5.99. The topological polar surface area (TPSA) is 58.5 Å². The first-order valence-corrected chi connectivity index (χ1v) is 9.99. The van der Waals surface area contributed by atoms with Gasteiger partial charge in [0.05, 0.1) is 23.4 Å². The molecule has 0 aromatic carbocycles. The highest BCUT2D eigenvalue weighted by molar-refractivity contribution is 7.11. The fourth-order valence-electron chi connectivity index (χ4n) is 2.96. The van der Waals surface area contributed by atoms with Crippen LogP contribution in [-0.4, -0.2) is 43.8 Å². The van der Waals surface area contributed by atoms with Gasteiger partial charge in [-0.05, 0) is 26.7 Å². The van der Waals surface area contributed by atoms with Crippen molar-refractivity contribution < 1.29 is 4.74 Å². The average molecular weight is 353 g/mol. The highest BCUT2D eigenvalue weighted by Crippen LogP contribution is 2.19. The van der Waals surface area contributed by atoms with Gasteiger partial charge < -0.3 is 15.4 Å². The number of rotatable bonds is 7. The quantitative estimate of drug-likeness (QED) is 0.342. The molecule has 1 fully saturated rings. The van der Waals surface area contributed by atoms with Crippen LogP contribution in [0.15, 0.2) is 4.99 Å². The van der Waals surface area contributed by atoms with Gasteiger partial charge in [0.15, 0.2) is 5.96 Å². The molecular formula is C18H32N4OS. The zero-order valence-corrected chi connectivity index (χ0v) is 16.2. The van der Waals surface area contributed by atoms with E-state index in [0.29, 0.717) is 6.10 Å². The lowest BCUT2D eigenvalue weighted by Crippen LogP contribution is -2.40. The summed E-state index contributed by atoms with van der Waals surface area (Å²) in [6.07, 6.45) is 9.20. The Hall–Kier alpha value is -1.14. The van der Waals surface area contributed by atoms with Gasteiger partial charge in [-0.15, -0.1) is 11.3 Å². The summed E-state index contributed by atoms with van der Waals surface area (Å²) in [5, 5.41) is 7.85. The number of aryl methyl sites for hydroxylation is 2. The highest BCUT2D eigenvalue weighted by Gasteiger charge is 2.12. The van der Waals surface area contributed by atoms with Crippen LogP contribution < -0.4 is 10.6 Å². The molecule has 0 saturated heterocycles. The zero-order chi connectivity index (χ0) is 17.2. The second kappa shape index (κ2) is 10.7. The number of guanidine groups is 1. The van der Waals surface area contributed by atoms with Crippen molar-refractivity contribution in [2.45, 2.75) is 64.9 Å². The molecule has 24 heavy (non-hydrogen) atoms. The van der Waals surface area contributed by atoms with Crippen molar-refractivity contribution in [3.63, 3.8) is 0 Å². The van der Waals surface area contributed by atoms with E-state index in [4.69, 9.17) is 4.74 Å². The SMILES string of the molecule is CN=C(NCCOC1CCCCCC1)NCCc1nc(C)c(C)s1. The third-order valence-electron chi connectivity index (χ3n) is 4.48. The minimum atomic E-state index is 0.459. The Morgan fingerprint density at radius 1 is 1.17 bits per heavy atom. The number of hydrogen-bond donors (Lipinski definition) is 2. The molecule has 136 valence electrons. The monoisotopic (exact) mass is 352 g/mol. The fraction of sp³-hybridized carbons (Fsp3) is 0.778. The predicted octanol–water partition coefficient (Wildman–Crippen LogP) is 3.21. The molecule has 0 radical (unpaired) electrons. The Morgan fingerprint density at radius 3 is 2.50 bits per heavy atom. The van der Waals surface area contributed by atoms with Crippen molar-refractivity contribution in [1.29, 1.82) is 0 Å². The Labute approximate surface area is 150 Å². The lowest BCUT2D eigenvalue weighted by molar-refractivity contribution is 0.0468. The van der Waals surface area contributed by atoms with E-state index < -0.39 is 0 Å². The summed E-state index contributed by atoms with van der Waals surface area (Å²) in [5.74, 6) is 0.837. The summed E-state index contributed by atoms with van der Waals surface area (Å²) in [6.45, 7) is 6.58. The molecule has 0 atom stereocenters. The molecule has 0 aliphatic heterocycles. The molecule has 1 saturated carbocycles. The Bertz CT molecular complexity index is 488. The number of ether oxygens (including phenoxy) is 1. The summed E-state index contributed by atoms with van der Waals surface area (Å²) < 4.78 is 5.99. The molecule has 0 bridgehead atoms. The molecule has 2 rings (SSSR count).